The first-order chi connectivity index (χ1) is 20.1. The molecule has 6 aliphatic heterocycles. The molecular weight excluding hydrogens is 580 g/mol. The third-order valence-electron chi connectivity index (χ3n) is 10.4. The van der Waals surface area contributed by atoms with Gasteiger partial charge in [-0.3, -0.25) is 0 Å². The molecule has 6 heterocycles. The number of hydrogen-bond acceptors (Lipinski definition) is 7. The molecule has 12 heteroatoms. The highest BCUT2D eigenvalue weighted by atomic mass is 32.2. The lowest BCUT2D eigenvalue weighted by atomic mass is 9.75. The second-order valence-electron chi connectivity index (χ2n) is 12.6. The highest BCUT2D eigenvalue weighted by Crippen LogP contribution is 2.55. The van der Waals surface area contributed by atoms with Crippen molar-refractivity contribution >= 4 is 10.1 Å². The maximum Gasteiger partial charge on any atom is 0.205 e. The highest BCUT2D eigenvalue weighted by Gasteiger charge is 2.48. The Bertz CT molecular complexity index is 1500. The van der Waals surface area contributed by atoms with E-state index >= 15 is 8.78 Å². The van der Waals surface area contributed by atoms with Crippen LogP contribution in [0.25, 0.3) is 0 Å². The second kappa shape index (κ2) is 9.62. The number of rotatable bonds is 6. The van der Waals surface area contributed by atoms with E-state index in [-0.39, 0.29) is 60.1 Å². The van der Waals surface area contributed by atoms with Crippen molar-refractivity contribution in [2.75, 3.05) is 0 Å². The van der Waals surface area contributed by atoms with Crippen LogP contribution in [0.2, 0.25) is 0 Å². The predicted octanol–water partition coefficient (Wildman–Crippen LogP) is 6.04. The molecule has 8 rings (SSSR count). The Kier molecular flexibility index (Phi) is 6.26. The number of ether oxygens (including phenoxy) is 4. The quantitative estimate of drug-likeness (QED) is 0.224. The van der Waals surface area contributed by atoms with Gasteiger partial charge in [0.15, 0.2) is 11.6 Å². The van der Waals surface area contributed by atoms with Crippen LogP contribution >= 0.6 is 0 Å². The van der Waals surface area contributed by atoms with Crippen molar-refractivity contribution in [1.29, 1.82) is 0 Å². The number of hydrogen-bond donors (Lipinski definition) is 0. The van der Waals surface area contributed by atoms with Gasteiger partial charge in [-0.15, -0.1) is 0 Å². The summed E-state index contributed by atoms with van der Waals surface area (Å²) in [6, 6.07) is 3.94. The molecule has 0 saturated carbocycles. The van der Waals surface area contributed by atoms with E-state index in [1.807, 2.05) is 12.1 Å². The minimum Gasteiger partial charge on any atom is -0.744 e. The van der Waals surface area contributed by atoms with Crippen LogP contribution in [0.3, 0.4) is 0 Å². The van der Waals surface area contributed by atoms with Crippen LogP contribution in [0.4, 0.5) is 17.6 Å². The molecule has 2 aromatic rings. The lowest BCUT2D eigenvalue weighted by Gasteiger charge is -2.30. The summed E-state index contributed by atoms with van der Waals surface area (Å²) in [6.07, 6.45) is 7.52. The Morgan fingerprint density at radius 2 is 1.07 bits per heavy atom. The summed E-state index contributed by atoms with van der Waals surface area (Å²) in [5, 5.41) is 0. The van der Waals surface area contributed by atoms with Crippen molar-refractivity contribution in [3.63, 3.8) is 0 Å². The molecule has 0 N–H and O–H groups in total. The van der Waals surface area contributed by atoms with E-state index in [0.29, 0.717) is 24.0 Å². The van der Waals surface area contributed by atoms with Crippen LogP contribution in [-0.2, 0) is 24.3 Å². The van der Waals surface area contributed by atoms with Gasteiger partial charge in [0, 0.05) is 28.9 Å². The molecule has 9 unspecified atom stereocenters. The lowest BCUT2D eigenvalue weighted by Crippen LogP contribution is -2.22. The third kappa shape index (κ3) is 4.16. The first kappa shape index (κ1) is 27.3. The summed E-state index contributed by atoms with van der Waals surface area (Å²) in [7, 11) is -5.85. The Labute approximate surface area is 240 Å². The number of benzene rings is 2. The largest absolute Gasteiger partial charge is 0.744 e. The molecule has 7 nitrogen and oxygen atoms in total. The van der Waals surface area contributed by atoms with Crippen LogP contribution in [0.5, 0.6) is 11.5 Å². The van der Waals surface area contributed by atoms with Crippen LogP contribution in [0.1, 0.15) is 92.2 Å². The van der Waals surface area contributed by atoms with Crippen LogP contribution in [0.15, 0.2) is 17.0 Å². The zero-order valence-corrected chi connectivity index (χ0v) is 23.3. The van der Waals surface area contributed by atoms with E-state index in [2.05, 4.69) is 0 Å². The molecule has 2 aromatic carbocycles. The number of halogens is 4. The average Bonchev–Trinajstić information content (AvgIpc) is 3.81. The second-order valence-corrected chi connectivity index (χ2v) is 14.0. The average molecular weight is 610 g/mol. The summed E-state index contributed by atoms with van der Waals surface area (Å²) >= 11 is 0. The SMILES string of the molecule is O=S(=O)([O-])c1c(F)c(F)c(Oc2c(C3CC4CCC3O4)cc(C3CC4CCC3O4)cc2C2CC3CCC2O3)c(F)c1F. The van der Waals surface area contributed by atoms with Crippen LogP contribution in [0, 0.1) is 23.3 Å². The molecule has 6 fully saturated rings. The lowest BCUT2D eigenvalue weighted by molar-refractivity contribution is 0.0995. The fraction of sp³-hybridized carbons (Fsp3) is 0.600. The van der Waals surface area contributed by atoms with Crippen molar-refractivity contribution in [1.82, 2.24) is 0 Å². The summed E-state index contributed by atoms with van der Waals surface area (Å²) in [6.45, 7) is 0. The minimum absolute atomic E-state index is 0.0292. The van der Waals surface area contributed by atoms with Crippen molar-refractivity contribution in [3.8, 4) is 11.5 Å². The highest BCUT2D eigenvalue weighted by molar-refractivity contribution is 7.85. The van der Waals surface area contributed by atoms with E-state index in [1.165, 1.54) is 0 Å². The maximum atomic E-state index is 15.3. The van der Waals surface area contributed by atoms with E-state index in [4.69, 9.17) is 18.9 Å². The summed E-state index contributed by atoms with van der Waals surface area (Å²) in [5.41, 5.74) is 2.30. The van der Waals surface area contributed by atoms with Gasteiger partial charge in [0.05, 0.1) is 36.6 Å². The van der Waals surface area contributed by atoms with Crippen LogP contribution < -0.4 is 4.74 Å². The van der Waals surface area contributed by atoms with E-state index in [0.717, 1.165) is 50.5 Å². The first-order valence-electron chi connectivity index (χ1n) is 14.7. The minimum atomic E-state index is -5.85. The van der Waals surface area contributed by atoms with Gasteiger partial charge in [-0.05, 0) is 63.4 Å². The van der Waals surface area contributed by atoms with E-state index < -0.39 is 44.0 Å². The van der Waals surface area contributed by atoms with E-state index in [9.17, 15) is 21.8 Å². The van der Waals surface area contributed by atoms with Gasteiger partial charge >= 0.3 is 0 Å². The number of fused-ring (bicyclic) bond motifs is 6. The van der Waals surface area contributed by atoms with Gasteiger partial charge in [0.1, 0.15) is 20.8 Å². The van der Waals surface area contributed by atoms with Gasteiger partial charge < -0.3 is 23.5 Å². The van der Waals surface area contributed by atoms with Gasteiger partial charge in [-0.1, -0.05) is 12.1 Å². The summed E-state index contributed by atoms with van der Waals surface area (Å²) in [5.74, 6) is -10.4. The third-order valence-corrected chi connectivity index (χ3v) is 11.2. The fourth-order valence-electron chi connectivity index (χ4n) is 8.50. The smallest absolute Gasteiger partial charge is 0.205 e. The standard InChI is InChI=1S/C30H30F4O7S/c31-24-26(33)30(42(35,36)37)27(34)25(32)29(24)41-28-19(17-10-14-2-5-22(17)39-14)7-12(16-9-13-1-4-21(16)38-13)8-20(28)18-11-15-3-6-23(18)40-15/h7-8,13-18,21-23H,1-6,9-11H2,(H,35,36,37)/p-1. The molecule has 6 aliphatic rings. The Hall–Kier alpha value is -2.25. The first-order valence-corrected chi connectivity index (χ1v) is 16.1. The van der Waals surface area contributed by atoms with Crippen LogP contribution in [-0.4, -0.2) is 49.6 Å². The molecule has 0 aliphatic carbocycles. The van der Waals surface area contributed by atoms with Gasteiger partial charge in [0.25, 0.3) is 0 Å². The zero-order valence-electron chi connectivity index (χ0n) is 22.5. The Morgan fingerprint density at radius 1 is 0.643 bits per heavy atom. The topological polar surface area (TPSA) is 94.1 Å². The van der Waals surface area contributed by atoms with E-state index in [1.54, 1.807) is 0 Å². The van der Waals surface area contributed by atoms with Crippen molar-refractivity contribution in [2.24, 2.45) is 0 Å². The Morgan fingerprint density at radius 3 is 1.43 bits per heavy atom. The fourth-order valence-corrected chi connectivity index (χ4v) is 9.12. The molecule has 0 radical (unpaired) electrons. The van der Waals surface area contributed by atoms with Crippen molar-refractivity contribution < 1.29 is 49.5 Å². The normalized spacial score (nSPS) is 36.5. The van der Waals surface area contributed by atoms with Gasteiger partial charge in [-0.2, -0.15) is 8.78 Å². The molecule has 9 atom stereocenters. The van der Waals surface area contributed by atoms with Gasteiger partial charge in [0.2, 0.25) is 17.4 Å². The summed E-state index contributed by atoms with van der Waals surface area (Å²) < 4.78 is 119. The molecule has 226 valence electrons. The molecule has 0 aromatic heterocycles. The van der Waals surface area contributed by atoms with Gasteiger partial charge in [-0.25, -0.2) is 17.2 Å². The molecule has 6 bridgehead atoms. The van der Waals surface area contributed by atoms with Crippen molar-refractivity contribution in [2.45, 2.75) is 117 Å². The Balaban J connectivity index is 1.31. The molecule has 0 amide bonds. The molecule has 0 spiro atoms. The monoisotopic (exact) mass is 609 g/mol. The predicted molar refractivity (Wildman–Crippen MR) is 137 cm³/mol. The summed E-state index contributed by atoms with van der Waals surface area (Å²) in [4.78, 5) is -2.21. The molecular formula is C30H29F4O7S-. The zero-order chi connectivity index (χ0) is 29.1. The molecule has 6 saturated heterocycles. The van der Waals surface area contributed by atoms with Crippen molar-refractivity contribution in [3.05, 3.63) is 52.1 Å². The molecule has 42 heavy (non-hydrogen) atoms. The maximum absolute atomic E-state index is 15.3.